The fourth-order valence-electron chi connectivity index (χ4n) is 1.70. The van der Waals surface area contributed by atoms with Crippen LogP contribution in [0.5, 0.6) is 0 Å². The van der Waals surface area contributed by atoms with E-state index in [1.807, 2.05) is 0 Å². The molecular weight excluding hydrogens is 196 g/mol. The van der Waals surface area contributed by atoms with Crippen molar-refractivity contribution in [2.75, 3.05) is 0 Å². The van der Waals surface area contributed by atoms with Gasteiger partial charge in [-0.3, -0.25) is 0 Å². The highest BCUT2D eigenvalue weighted by atomic mass is 19.1. The van der Waals surface area contributed by atoms with Crippen LogP contribution in [-0.4, -0.2) is 5.54 Å². The fraction of sp³-hybridized carbons (Fsp3) is 0.500. The zero-order valence-corrected chi connectivity index (χ0v) is 8.82. The Morgan fingerprint density at radius 3 is 2.60 bits per heavy atom. The largest absolute Gasteiger partial charge is 0.325 e. The van der Waals surface area contributed by atoms with Crippen LogP contribution in [0.4, 0.5) is 8.78 Å². The van der Waals surface area contributed by atoms with Gasteiger partial charge in [-0.15, -0.1) is 0 Å². The van der Waals surface area contributed by atoms with Crippen LogP contribution in [0.3, 0.4) is 0 Å². The van der Waals surface area contributed by atoms with Crippen molar-refractivity contribution in [1.82, 2.24) is 0 Å². The third-order valence-electron chi connectivity index (χ3n) is 3.18. The molecule has 82 valence electrons. The van der Waals surface area contributed by atoms with Gasteiger partial charge >= 0.3 is 0 Å². The second kappa shape index (κ2) is 3.56. The van der Waals surface area contributed by atoms with Gasteiger partial charge in [0.2, 0.25) is 0 Å². The standard InChI is InChI=1S/C12H15F2N/c1-8-10(13)3-2-9(11(8)14)4-5-12(15)6-7-12/h2-3H,4-7,15H2,1H3. The molecule has 0 saturated heterocycles. The number of halogens is 2. The normalized spacial score (nSPS) is 17.9. The number of benzene rings is 1. The third kappa shape index (κ3) is 2.17. The lowest BCUT2D eigenvalue weighted by atomic mass is 10.0. The van der Waals surface area contributed by atoms with E-state index in [-0.39, 0.29) is 11.1 Å². The molecule has 1 nitrogen and oxygen atoms in total. The smallest absolute Gasteiger partial charge is 0.132 e. The molecule has 2 N–H and O–H groups in total. The van der Waals surface area contributed by atoms with Gasteiger partial charge in [-0.1, -0.05) is 6.07 Å². The fourth-order valence-corrected chi connectivity index (χ4v) is 1.70. The van der Waals surface area contributed by atoms with Crippen LogP contribution in [0.1, 0.15) is 30.4 Å². The molecule has 15 heavy (non-hydrogen) atoms. The van der Waals surface area contributed by atoms with Gasteiger partial charge in [0.25, 0.3) is 0 Å². The van der Waals surface area contributed by atoms with E-state index in [9.17, 15) is 8.78 Å². The highest BCUT2D eigenvalue weighted by Gasteiger charge is 2.37. The molecule has 0 bridgehead atoms. The Bertz CT molecular complexity index is 383. The van der Waals surface area contributed by atoms with Gasteiger partial charge in [-0.25, -0.2) is 8.78 Å². The number of hydrogen-bond donors (Lipinski definition) is 1. The minimum absolute atomic E-state index is 0.0747. The van der Waals surface area contributed by atoms with E-state index in [0.29, 0.717) is 12.0 Å². The van der Waals surface area contributed by atoms with Crippen LogP contribution in [-0.2, 0) is 6.42 Å². The molecule has 0 aromatic heterocycles. The number of aryl methyl sites for hydroxylation is 1. The molecule has 3 heteroatoms. The minimum Gasteiger partial charge on any atom is -0.325 e. The van der Waals surface area contributed by atoms with Gasteiger partial charge in [0.05, 0.1) is 0 Å². The van der Waals surface area contributed by atoms with Crippen LogP contribution in [0.25, 0.3) is 0 Å². The van der Waals surface area contributed by atoms with Gasteiger partial charge in [0.1, 0.15) is 11.6 Å². The molecule has 0 amide bonds. The van der Waals surface area contributed by atoms with Crippen molar-refractivity contribution in [2.24, 2.45) is 5.73 Å². The predicted octanol–water partition coefficient (Wildman–Crippen LogP) is 2.70. The summed E-state index contributed by atoms with van der Waals surface area (Å²) in [5.41, 5.74) is 6.52. The van der Waals surface area contributed by atoms with Gasteiger partial charge < -0.3 is 5.73 Å². The minimum atomic E-state index is -0.481. The summed E-state index contributed by atoms with van der Waals surface area (Å²) < 4.78 is 26.6. The predicted molar refractivity (Wildman–Crippen MR) is 55.6 cm³/mol. The summed E-state index contributed by atoms with van der Waals surface area (Å²) in [4.78, 5) is 0. The lowest BCUT2D eigenvalue weighted by Gasteiger charge is -2.10. The highest BCUT2D eigenvalue weighted by molar-refractivity contribution is 5.27. The molecule has 0 radical (unpaired) electrons. The summed E-state index contributed by atoms with van der Waals surface area (Å²) in [6.45, 7) is 1.46. The summed E-state index contributed by atoms with van der Waals surface area (Å²) in [6, 6.07) is 2.84. The van der Waals surface area contributed by atoms with E-state index in [4.69, 9.17) is 5.73 Å². The van der Waals surface area contributed by atoms with Crippen molar-refractivity contribution in [3.8, 4) is 0 Å². The molecule has 1 aromatic carbocycles. The maximum Gasteiger partial charge on any atom is 0.132 e. The molecule has 1 aliphatic rings. The zero-order valence-electron chi connectivity index (χ0n) is 8.82. The molecule has 2 rings (SSSR count). The molecule has 0 heterocycles. The Morgan fingerprint density at radius 2 is 2.00 bits per heavy atom. The van der Waals surface area contributed by atoms with Crippen LogP contribution in [0.15, 0.2) is 12.1 Å². The lowest BCUT2D eigenvalue weighted by molar-refractivity contribution is 0.542. The van der Waals surface area contributed by atoms with E-state index in [0.717, 1.165) is 19.3 Å². The average Bonchev–Trinajstić information content (AvgIpc) is 2.93. The molecule has 1 aliphatic carbocycles. The third-order valence-corrected chi connectivity index (χ3v) is 3.18. The highest BCUT2D eigenvalue weighted by Crippen LogP contribution is 2.36. The Balaban J connectivity index is 2.11. The van der Waals surface area contributed by atoms with Crippen molar-refractivity contribution in [3.05, 3.63) is 34.9 Å². The Labute approximate surface area is 88.3 Å². The molecular formula is C12H15F2N. The molecule has 0 unspecified atom stereocenters. The first-order valence-electron chi connectivity index (χ1n) is 5.24. The van der Waals surface area contributed by atoms with Crippen molar-refractivity contribution in [1.29, 1.82) is 0 Å². The molecule has 0 atom stereocenters. The van der Waals surface area contributed by atoms with Gasteiger partial charge in [-0.05, 0) is 44.2 Å². The Hall–Kier alpha value is -0.960. The maximum absolute atomic E-state index is 13.6. The molecule has 0 aliphatic heterocycles. The molecule has 1 fully saturated rings. The van der Waals surface area contributed by atoms with Crippen LogP contribution in [0, 0.1) is 18.6 Å². The topological polar surface area (TPSA) is 26.0 Å². The lowest BCUT2D eigenvalue weighted by Crippen LogP contribution is -2.22. The van der Waals surface area contributed by atoms with Crippen molar-refractivity contribution in [3.63, 3.8) is 0 Å². The monoisotopic (exact) mass is 211 g/mol. The summed E-state index contributed by atoms with van der Waals surface area (Å²) in [5.74, 6) is -0.899. The SMILES string of the molecule is Cc1c(F)ccc(CCC2(N)CC2)c1F. The molecule has 0 spiro atoms. The number of nitrogens with two attached hydrogens (primary N) is 1. The van der Waals surface area contributed by atoms with E-state index in [1.165, 1.54) is 19.1 Å². The Kier molecular flexibility index (Phi) is 2.51. The van der Waals surface area contributed by atoms with Crippen molar-refractivity contribution < 1.29 is 8.78 Å². The first-order valence-corrected chi connectivity index (χ1v) is 5.24. The van der Waals surface area contributed by atoms with Crippen LogP contribution < -0.4 is 5.73 Å². The Morgan fingerprint density at radius 1 is 1.33 bits per heavy atom. The van der Waals surface area contributed by atoms with E-state index in [2.05, 4.69) is 0 Å². The first kappa shape index (κ1) is 10.6. The second-order valence-electron chi connectivity index (χ2n) is 4.51. The first-order chi connectivity index (χ1) is 7.02. The quantitative estimate of drug-likeness (QED) is 0.817. The van der Waals surface area contributed by atoms with Gasteiger partial charge in [0.15, 0.2) is 0 Å². The van der Waals surface area contributed by atoms with Crippen molar-refractivity contribution in [2.45, 2.75) is 38.1 Å². The van der Waals surface area contributed by atoms with Crippen LogP contribution in [0.2, 0.25) is 0 Å². The van der Waals surface area contributed by atoms with Gasteiger partial charge in [0, 0.05) is 11.1 Å². The second-order valence-corrected chi connectivity index (χ2v) is 4.51. The van der Waals surface area contributed by atoms with Crippen molar-refractivity contribution >= 4 is 0 Å². The summed E-state index contributed by atoms with van der Waals surface area (Å²) in [6.07, 6.45) is 3.43. The number of hydrogen-bond acceptors (Lipinski definition) is 1. The average molecular weight is 211 g/mol. The summed E-state index contributed by atoms with van der Waals surface area (Å²) in [7, 11) is 0. The van der Waals surface area contributed by atoms with E-state index < -0.39 is 11.6 Å². The van der Waals surface area contributed by atoms with Gasteiger partial charge in [-0.2, -0.15) is 0 Å². The van der Waals surface area contributed by atoms with Crippen LogP contribution >= 0.6 is 0 Å². The molecule has 1 aromatic rings. The maximum atomic E-state index is 13.6. The van der Waals surface area contributed by atoms with E-state index >= 15 is 0 Å². The number of rotatable bonds is 3. The summed E-state index contributed by atoms with van der Waals surface area (Å²) in [5, 5.41) is 0. The van der Waals surface area contributed by atoms with E-state index in [1.54, 1.807) is 0 Å². The zero-order chi connectivity index (χ0) is 11.1. The molecule has 1 saturated carbocycles. The summed E-state index contributed by atoms with van der Waals surface area (Å²) >= 11 is 0.